The van der Waals surface area contributed by atoms with Gasteiger partial charge in [-0.2, -0.15) is 0 Å². The number of aromatic nitrogens is 3. The van der Waals surface area contributed by atoms with Crippen molar-refractivity contribution in [1.29, 1.82) is 0 Å². The van der Waals surface area contributed by atoms with Gasteiger partial charge in [0.2, 0.25) is 0 Å². The van der Waals surface area contributed by atoms with E-state index in [4.69, 9.17) is 11.6 Å². The average molecular weight is 309 g/mol. The molecule has 2 heterocycles. The molecule has 0 aliphatic carbocycles. The predicted molar refractivity (Wildman–Crippen MR) is 71.1 cm³/mol. The van der Waals surface area contributed by atoms with Crippen LogP contribution in [0.25, 0.3) is 17.0 Å². The lowest BCUT2D eigenvalue weighted by Crippen LogP contribution is -1.89. The molecule has 84 valence electrons. The largest absolute Gasteiger partial charge is 0.281 e. The highest BCUT2D eigenvalue weighted by Gasteiger charge is 2.09. The minimum atomic E-state index is 0.689. The maximum absolute atomic E-state index is 5.98. The third-order valence-electron chi connectivity index (χ3n) is 2.47. The molecular weight excluding hydrogens is 302 g/mol. The molecule has 0 N–H and O–H groups in total. The number of nitrogens with zero attached hydrogens (tertiary/aromatic N) is 3. The molecule has 0 unspecified atom stereocenters. The van der Waals surface area contributed by atoms with Crippen LogP contribution in [0.3, 0.4) is 0 Å². The summed E-state index contributed by atoms with van der Waals surface area (Å²) in [7, 11) is 0. The highest BCUT2D eigenvalue weighted by molar-refractivity contribution is 9.10. The number of halogens is 2. The molecule has 2 aromatic heterocycles. The Hall–Kier alpha value is -1.39. The Morgan fingerprint density at radius 1 is 1.12 bits per heavy atom. The second-order valence-electron chi connectivity index (χ2n) is 3.58. The summed E-state index contributed by atoms with van der Waals surface area (Å²) >= 11 is 9.43. The normalized spacial score (nSPS) is 10.9. The molecular formula is C12H7BrClN3. The van der Waals surface area contributed by atoms with Crippen molar-refractivity contribution in [2.24, 2.45) is 0 Å². The fourth-order valence-corrected chi connectivity index (χ4v) is 2.32. The minimum absolute atomic E-state index is 0.689. The predicted octanol–water partition coefficient (Wildman–Crippen LogP) is 3.81. The first-order valence-corrected chi connectivity index (χ1v) is 6.18. The summed E-state index contributed by atoms with van der Waals surface area (Å²) in [5.41, 5.74) is 1.74. The van der Waals surface area contributed by atoms with Crippen LogP contribution >= 0.6 is 27.5 Å². The van der Waals surface area contributed by atoms with Crippen LogP contribution in [0.15, 0.2) is 47.1 Å². The van der Waals surface area contributed by atoms with E-state index in [1.165, 1.54) is 0 Å². The van der Waals surface area contributed by atoms with E-state index in [1.807, 2.05) is 47.0 Å². The van der Waals surface area contributed by atoms with Crippen molar-refractivity contribution in [3.05, 3.63) is 52.1 Å². The summed E-state index contributed by atoms with van der Waals surface area (Å²) in [6.07, 6.45) is 1.93. The van der Waals surface area contributed by atoms with E-state index in [1.54, 1.807) is 0 Å². The Morgan fingerprint density at radius 3 is 2.82 bits per heavy atom. The molecule has 1 aromatic carbocycles. The molecule has 5 heteroatoms. The van der Waals surface area contributed by atoms with Crippen LogP contribution < -0.4 is 0 Å². The fourth-order valence-electron chi connectivity index (χ4n) is 1.71. The second-order valence-corrected chi connectivity index (χ2v) is 4.87. The van der Waals surface area contributed by atoms with Gasteiger partial charge in [0.05, 0.1) is 4.47 Å². The molecule has 0 saturated carbocycles. The first-order valence-electron chi connectivity index (χ1n) is 5.01. The minimum Gasteiger partial charge on any atom is -0.281 e. The highest BCUT2D eigenvalue weighted by atomic mass is 79.9. The van der Waals surface area contributed by atoms with Crippen LogP contribution in [0.4, 0.5) is 0 Å². The van der Waals surface area contributed by atoms with Gasteiger partial charge in [-0.25, -0.2) is 0 Å². The number of hydrogen-bond donors (Lipinski definition) is 0. The van der Waals surface area contributed by atoms with Crippen molar-refractivity contribution in [2.45, 2.75) is 0 Å². The molecule has 0 fully saturated rings. The number of rotatable bonds is 1. The van der Waals surface area contributed by atoms with Gasteiger partial charge in [-0.05, 0) is 40.2 Å². The van der Waals surface area contributed by atoms with E-state index in [-0.39, 0.29) is 0 Å². The first kappa shape index (κ1) is 10.7. The van der Waals surface area contributed by atoms with Gasteiger partial charge in [0, 0.05) is 16.8 Å². The van der Waals surface area contributed by atoms with Crippen LogP contribution in [0, 0.1) is 0 Å². The molecule has 3 aromatic rings. The molecule has 0 aliphatic rings. The number of fused-ring (bicyclic) bond motifs is 1. The zero-order valence-electron chi connectivity index (χ0n) is 8.64. The number of pyridine rings is 1. The van der Waals surface area contributed by atoms with Crippen molar-refractivity contribution in [3.8, 4) is 11.4 Å². The molecule has 0 aliphatic heterocycles. The van der Waals surface area contributed by atoms with Gasteiger partial charge < -0.3 is 0 Å². The molecule has 0 bridgehead atoms. The molecule has 0 amide bonds. The lowest BCUT2D eigenvalue weighted by atomic mass is 10.2. The first-order chi connectivity index (χ1) is 8.25. The maximum Gasteiger partial charge on any atom is 0.175 e. The van der Waals surface area contributed by atoms with Gasteiger partial charge in [-0.15, -0.1) is 10.2 Å². The monoisotopic (exact) mass is 307 g/mol. The molecule has 3 nitrogen and oxygen atoms in total. The van der Waals surface area contributed by atoms with Crippen molar-refractivity contribution >= 4 is 33.2 Å². The van der Waals surface area contributed by atoms with Crippen molar-refractivity contribution in [1.82, 2.24) is 14.6 Å². The SMILES string of the molecule is Clc1cccc(-c2nnc3c(Br)cccn23)c1. The van der Waals surface area contributed by atoms with Crippen LogP contribution in [-0.2, 0) is 0 Å². The van der Waals surface area contributed by atoms with E-state index in [0.29, 0.717) is 5.02 Å². The van der Waals surface area contributed by atoms with E-state index in [2.05, 4.69) is 26.1 Å². The topological polar surface area (TPSA) is 30.2 Å². The third-order valence-corrected chi connectivity index (χ3v) is 3.32. The van der Waals surface area contributed by atoms with Crippen molar-refractivity contribution in [3.63, 3.8) is 0 Å². The summed E-state index contributed by atoms with van der Waals surface area (Å²) < 4.78 is 2.84. The Kier molecular flexibility index (Phi) is 2.61. The van der Waals surface area contributed by atoms with Gasteiger partial charge >= 0.3 is 0 Å². The Balaban J connectivity index is 2.28. The lowest BCUT2D eigenvalue weighted by Gasteiger charge is -2.00. The van der Waals surface area contributed by atoms with Gasteiger partial charge in [0.15, 0.2) is 11.5 Å². The van der Waals surface area contributed by atoms with Crippen molar-refractivity contribution < 1.29 is 0 Å². The van der Waals surface area contributed by atoms with E-state index < -0.39 is 0 Å². The maximum atomic E-state index is 5.98. The summed E-state index contributed by atoms with van der Waals surface area (Å²) in [6, 6.07) is 11.4. The number of hydrogen-bond acceptors (Lipinski definition) is 2. The fraction of sp³-hybridized carbons (Fsp3) is 0. The molecule has 0 saturated heterocycles. The van der Waals surface area contributed by atoms with Gasteiger partial charge in [0.25, 0.3) is 0 Å². The van der Waals surface area contributed by atoms with Crippen LogP contribution in [0.1, 0.15) is 0 Å². The van der Waals surface area contributed by atoms with Crippen LogP contribution in [0.5, 0.6) is 0 Å². The third kappa shape index (κ3) is 1.83. The van der Waals surface area contributed by atoms with Crippen LogP contribution in [-0.4, -0.2) is 14.6 Å². The zero-order valence-corrected chi connectivity index (χ0v) is 11.0. The standard InChI is InChI=1S/C12H7BrClN3/c13-10-5-2-6-17-11(15-16-12(10)17)8-3-1-4-9(14)7-8/h1-7H. The molecule has 0 spiro atoms. The Labute approximate surface area is 111 Å². The van der Waals surface area contributed by atoms with E-state index in [0.717, 1.165) is 21.5 Å². The second kappa shape index (κ2) is 4.13. The Bertz CT molecular complexity index is 693. The van der Waals surface area contributed by atoms with E-state index in [9.17, 15) is 0 Å². The summed E-state index contributed by atoms with van der Waals surface area (Å²) in [6.45, 7) is 0. The van der Waals surface area contributed by atoms with Gasteiger partial charge in [0.1, 0.15) is 0 Å². The quantitative estimate of drug-likeness (QED) is 0.684. The molecule has 0 atom stereocenters. The zero-order chi connectivity index (χ0) is 11.8. The van der Waals surface area contributed by atoms with E-state index >= 15 is 0 Å². The highest BCUT2D eigenvalue weighted by Crippen LogP contribution is 2.24. The summed E-state index contributed by atoms with van der Waals surface area (Å²) in [4.78, 5) is 0. The summed E-state index contributed by atoms with van der Waals surface area (Å²) in [5.74, 6) is 0.781. The van der Waals surface area contributed by atoms with Crippen molar-refractivity contribution in [2.75, 3.05) is 0 Å². The van der Waals surface area contributed by atoms with Crippen LogP contribution in [0.2, 0.25) is 5.02 Å². The molecule has 3 rings (SSSR count). The van der Waals surface area contributed by atoms with Gasteiger partial charge in [-0.3, -0.25) is 4.40 Å². The Morgan fingerprint density at radius 2 is 2.00 bits per heavy atom. The lowest BCUT2D eigenvalue weighted by molar-refractivity contribution is 1.11. The average Bonchev–Trinajstić information content (AvgIpc) is 2.74. The molecule has 0 radical (unpaired) electrons. The number of benzene rings is 1. The smallest absolute Gasteiger partial charge is 0.175 e. The molecule has 17 heavy (non-hydrogen) atoms. The van der Waals surface area contributed by atoms with Gasteiger partial charge in [-0.1, -0.05) is 23.7 Å². The summed E-state index contributed by atoms with van der Waals surface area (Å²) in [5, 5.41) is 9.03.